The minimum absolute atomic E-state index is 0.0515. The first-order chi connectivity index (χ1) is 11.7. The Hall–Kier alpha value is -2.18. The standard InChI is InChI=1S/C17H15ClN4OS/c18-13-2-1-3-14(11-13)21-6-8-22(9-7-21)17(23)12-4-5-15-16(10-12)20-24-19-15/h1-5,10-11H,6-9H2. The normalized spacial score (nSPS) is 15.0. The maximum absolute atomic E-state index is 12.7. The van der Waals surface area contributed by atoms with Gasteiger partial charge in [0.25, 0.3) is 5.91 Å². The van der Waals surface area contributed by atoms with Crippen molar-refractivity contribution in [2.24, 2.45) is 0 Å². The molecule has 5 nitrogen and oxygen atoms in total. The zero-order valence-corrected chi connectivity index (χ0v) is 14.4. The molecule has 1 aliphatic heterocycles. The van der Waals surface area contributed by atoms with Crippen molar-refractivity contribution in [2.75, 3.05) is 31.1 Å². The molecule has 0 N–H and O–H groups in total. The van der Waals surface area contributed by atoms with Crippen molar-refractivity contribution in [3.05, 3.63) is 53.1 Å². The van der Waals surface area contributed by atoms with E-state index in [2.05, 4.69) is 13.6 Å². The van der Waals surface area contributed by atoms with Gasteiger partial charge in [-0.2, -0.15) is 8.75 Å². The van der Waals surface area contributed by atoms with E-state index >= 15 is 0 Å². The maximum atomic E-state index is 12.7. The van der Waals surface area contributed by atoms with E-state index in [9.17, 15) is 4.79 Å². The van der Waals surface area contributed by atoms with Gasteiger partial charge in [-0.25, -0.2) is 0 Å². The summed E-state index contributed by atoms with van der Waals surface area (Å²) >= 11 is 7.23. The van der Waals surface area contributed by atoms with Gasteiger partial charge in [0.1, 0.15) is 11.0 Å². The number of hydrogen-bond donors (Lipinski definition) is 0. The fraction of sp³-hybridized carbons (Fsp3) is 0.235. The monoisotopic (exact) mass is 358 g/mol. The topological polar surface area (TPSA) is 49.3 Å². The van der Waals surface area contributed by atoms with Crippen molar-refractivity contribution in [3.63, 3.8) is 0 Å². The Balaban J connectivity index is 1.46. The number of carbonyl (C=O) groups is 1. The lowest BCUT2D eigenvalue weighted by atomic mass is 10.1. The number of hydrogen-bond acceptors (Lipinski definition) is 5. The second-order valence-electron chi connectivity index (χ2n) is 5.73. The second kappa shape index (κ2) is 6.37. The Bertz CT molecular complexity index is 889. The molecule has 0 atom stereocenters. The third-order valence-electron chi connectivity index (χ3n) is 4.24. The number of carbonyl (C=O) groups excluding carboxylic acids is 1. The molecule has 7 heteroatoms. The first-order valence-electron chi connectivity index (χ1n) is 7.73. The molecule has 2 aromatic carbocycles. The van der Waals surface area contributed by atoms with Crippen LogP contribution in [-0.4, -0.2) is 45.7 Å². The van der Waals surface area contributed by atoms with Crippen LogP contribution in [0.3, 0.4) is 0 Å². The summed E-state index contributed by atoms with van der Waals surface area (Å²) in [5.74, 6) is 0.0515. The Morgan fingerprint density at radius 2 is 1.79 bits per heavy atom. The van der Waals surface area contributed by atoms with Gasteiger partial charge in [0, 0.05) is 42.5 Å². The van der Waals surface area contributed by atoms with E-state index in [1.807, 2.05) is 47.4 Å². The second-order valence-corrected chi connectivity index (χ2v) is 6.69. The Morgan fingerprint density at radius 3 is 2.58 bits per heavy atom. The number of anilines is 1. The number of piperazine rings is 1. The van der Waals surface area contributed by atoms with Gasteiger partial charge in [0.15, 0.2) is 0 Å². The molecule has 1 aliphatic rings. The van der Waals surface area contributed by atoms with Gasteiger partial charge in [-0.1, -0.05) is 17.7 Å². The van der Waals surface area contributed by atoms with Crippen LogP contribution in [0, 0.1) is 0 Å². The summed E-state index contributed by atoms with van der Waals surface area (Å²) in [4.78, 5) is 16.8. The van der Waals surface area contributed by atoms with E-state index in [0.717, 1.165) is 34.8 Å². The van der Waals surface area contributed by atoms with Gasteiger partial charge in [-0.15, -0.1) is 0 Å². The highest BCUT2D eigenvalue weighted by Gasteiger charge is 2.22. The lowest BCUT2D eigenvalue weighted by molar-refractivity contribution is 0.0747. The van der Waals surface area contributed by atoms with Crippen LogP contribution in [0.4, 0.5) is 5.69 Å². The summed E-state index contributed by atoms with van der Waals surface area (Å²) in [5, 5.41) is 0.733. The van der Waals surface area contributed by atoms with Crippen molar-refractivity contribution in [3.8, 4) is 0 Å². The largest absolute Gasteiger partial charge is 0.368 e. The van der Waals surface area contributed by atoms with Crippen molar-refractivity contribution in [1.29, 1.82) is 0 Å². The van der Waals surface area contributed by atoms with Crippen LogP contribution in [-0.2, 0) is 0 Å². The van der Waals surface area contributed by atoms with Crippen molar-refractivity contribution < 1.29 is 4.79 Å². The average molecular weight is 359 g/mol. The van der Waals surface area contributed by atoms with Crippen molar-refractivity contribution >= 4 is 46.0 Å². The van der Waals surface area contributed by atoms with Gasteiger partial charge in [0.2, 0.25) is 0 Å². The number of nitrogens with zero attached hydrogens (tertiary/aromatic N) is 4. The lowest BCUT2D eigenvalue weighted by Gasteiger charge is -2.36. The predicted molar refractivity (Wildman–Crippen MR) is 97.0 cm³/mol. The molecule has 1 aromatic heterocycles. The average Bonchev–Trinajstić information content (AvgIpc) is 3.09. The molecular weight excluding hydrogens is 344 g/mol. The van der Waals surface area contributed by atoms with Crippen LogP contribution >= 0.6 is 23.3 Å². The van der Waals surface area contributed by atoms with Gasteiger partial charge < -0.3 is 9.80 Å². The quantitative estimate of drug-likeness (QED) is 0.705. The summed E-state index contributed by atoms with van der Waals surface area (Å²) < 4.78 is 8.38. The zero-order valence-electron chi connectivity index (χ0n) is 12.9. The molecule has 2 heterocycles. The minimum atomic E-state index is 0.0515. The number of benzene rings is 2. The van der Waals surface area contributed by atoms with E-state index in [1.54, 1.807) is 0 Å². The summed E-state index contributed by atoms with van der Waals surface area (Å²) in [6.45, 7) is 2.98. The first kappa shape index (κ1) is 15.4. The van der Waals surface area contributed by atoms with E-state index in [1.165, 1.54) is 11.7 Å². The van der Waals surface area contributed by atoms with Crippen LogP contribution in [0.25, 0.3) is 11.0 Å². The molecule has 0 aliphatic carbocycles. The van der Waals surface area contributed by atoms with Crippen molar-refractivity contribution in [2.45, 2.75) is 0 Å². The molecule has 0 saturated carbocycles. The van der Waals surface area contributed by atoms with Gasteiger partial charge in [-0.3, -0.25) is 4.79 Å². The van der Waals surface area contributed by atoms with Crippen LogP contribution < -0.4 is 4.90 Å². The molecule has 0 spiro atoms. The molecule has 122 valence electrons. The molecule has 1 fully saturated rings. The molecule has 24 heavy (non-hydrogen) atoms. The van der Waals surface area contributed by atoms with Crippen LogP contribution in [0.2, 0.25) is 5.02 Å². The molecule has 3 aromatic rings. The zero-order chi connectivity index (χ0) is 16.5. The predicted octanol–water partition coefficient (Wildman–Crippen LogP) is 3.31. The highest BCUT2D eigenvalue weighted by molar-refractivity contribution is 7.00. The third-order valence-corrected chi connectivity index (χ3v) is 5.03. The summed E-state index contributed by atoms with van der Waals surface area (Å²) in [5.41, 5.74) is 3.39. The molecule has 1 saturated heterocycles. The maximum Gasteiger partial charge on any atom is 0.254 e. The van der Waals surface area contributed by atoms with Gasteiger partial charge >= 0.3 is 0 Å². The minimum Gasteiger partial charge on any atom is -0.368 e. The van der Waals surface area contributed by atoms with E-state index in [4.69, 9.17) is 11.6 Å². The van der Waals surface area contributed by atoms with Gasteiger partial charge in [0.05, 0.1) is 11.7 Å². The molecule has 0 bridgehead atoms. The molecule has 0 unspecified atom stereocenters. The molecular formula is C17H15ClN4OS. The number of amides is 1. The fourth-order valence-corrected chi connectivity index (χ4v) is 3.64. The smallest absolute Gasteiger partial charge is 0.254 e. The number of rotatable bonds is 2. The van der Waals surface area contributed by atoms with E-state index in [-0.39, 0.29) is 5.91 Å². The summed E-state index contributed by atoms with van der Waals surface area (Å²) in [7, 11) is 0. The van der Waals surface area contributed by atoms with Crippen LogP contribution in [0.5, 0.6) is 0 Å². The number of aromatic nitrogens is 2. The number of fused-ring (bicyclic) bond motifs is 1. The van der Waals surface area contributed by atoms with Crippen molar-refractivity contribution in [1.82, 2.24) is 13.6 Å². The first-order valence-corrected chi connectivity index (χ1v) is 8.84. The lowest BCUT2D eigenvalue weighted by Crippen LogP contribution is -2.48. The number of halogens is 1. The molecule has 1 amide bonds. The van der Waals surface area contributed by atoms with Crippen LogP contribution in [0.15, 0.2) is 42.5 Å². The summed E-state index contributed by atoms with van der Waals surface area (Å²) in [6.07, 6.45) is 0. The highest BCUT2D eigenvalue weighted by atomic mass is 35.5. The summed E-state index contributed by atoms with van der Waals surface area (Å²) in [6, 6.07) is 13.3. The SMILES string of the molecule is O=C(c1ccc2nsnc2c1)N1CCN(c2cccc(Cl)c2)CC1. The Morgan fingerprint density at radius 1 is 1.00 bits per heavy atom. The Kier molecular flexibility index (Phi) is 4.08. The highest BCUT2D eigenvalue weighted by Crippen LogP contribution is 2.22. The van der Waals surface area contributed by atoms with Crippen LogP contribution in [0.1, 0.15) is 10.4 Å². The Labute approximate surface area is 148 Å². The van der Waals surface area contributed by atoms with E-state index < -0.39 is 0 Å². The molecule has 0 radical (unpaired) electrons. The third kappa shape index (κ3) is 2.95. The van der Waals surface area contributed by atoms with E-state index in [0.29, 0.717) is 18.7 Å². The molecule has 4 rings (SSSR count). The fourth-order valence-electron chi connectivity index (χ4n) is 2.94. The van der Waals surface area contributed by atoms with Gasteiger partial charge in [-0.05, 0) is 36.4 Å².